The number of hydrogen-bond donors (Lipinski definition) is 1. The molecule has 0 fully saturated rings. The molecule has 1 aromatic carbocycles. The van der Waals surface area contributed by atoms with Gasteiger partial charge in [-0.05, 0) is 19.1 Å². The molecule has 2 N–H and O–H groups in total. The molecule has 7 nitrogen and oxygen atoms in total. The number of carbonyl (C=O) groups is 1. The molecule has 0 spiro atoms. The summed E-state index contributed by atoms with van der Waals surface area (Å²) >= 11 is 0. The number of rotatable bonds is 5. The van der Waals surface area contributed by atoms with Crippen LogP contribution in [0.15, 0.2) is 17.1 Å². The van der Waals surface area contributed by atoms with E-state index in [-0.39, 0.29) is 11.9 Å². The number of urea groups is 1. The van der Waals surface area contributed by atoms with Gasteiger partial charge in [0.15, 0.2) is 11.5 Å². The van der Waals surface area contributed by atoms with Gasteiger partial charge in [0.05, 0.1) is 21.3 Å². The van der Waals surface area contributed by atoms with E-state index >= 15 is 0 Å². The van der Waals surface area contributed by atoms with Gasteiger partial charge in [-0.1, -0.05) is 0 Å². The minimum Gasteiger partial charge on any atom is -0.493 e. The molecule has 0 saturated heterocycles. The fourth-order valence-corrected chi connectivity index (χ4v) is 2.49. The van der Waals surface area contributed by atoms with Crippen molar-refractivity contribution in [3.05, 3.63) is 17.7 Å². The Morgan fingerprint density at radius 1 is 1.19 bits per heavy atom. The van der Waals surface area contributed by atoms with Gasteiger partial charge in [0.1, 0.15) is 11.9 Å². The summed E-state index contributed by atoms with van der Waals surface area (Å²) < 4.78 is 16.1. The predicted octanol–water partition coefficient (Wildman–Crippen LogP) is 1.57. The van der Waals surface area contributed by atoms with Gasteiger partial charge < -0.3 is 24.8 Å². The number of amidine groups is 1. The number of aliphatic imine (C=N–C) groups is 1. The molecule has 2 rings (SSSR count). The zero-order valence-corrected chi connectivity index (χ0v) is 12.5. The van der Waals surface area contributed by atoms with Crippen LogP contribution in [0.4, 0.5) is 4.79 Å². The van der Waals surface area contributed by atoms with Crippen molar-refractivity contribution >= 4 is 11.9 Å². The van der Waals surface area contributed by atoms with Crippen LogP contribution >= 0.6 is 0 Å². The van der Waals surface area contributed by atoms with Crippen molar-refractivity contribution in [3.8, 4) is 17.2 Å². The fraction of sp³-hybridized carbons (Fsp3) is 0.429. The van der Waals surface area contributed by atoms with E-state index in [0.717, 1.165) is 0 Å². The lowest BCUT2D eigenvalue weighted by molar-refractivity contribution is 0.208. The SMILES string of the molecule is CCN1C(=O)N=C(N)C1c1ccc(OC)c(OC)c1OC. The fourth-order valence-electron chi connectivity index (χ4n) is 2.49. The average Bonchev–Trinajstić information content (AvgIpc) is 2.78. The number of nitrogens with two attached hydrogens (primary N) is 1. The Balaban J connectivity index is 2.58. The number of methoxy groups -OCH3 is 3. The van der Waals surface area contributed by atoms with Gasteiger partial charge in [-0.25, -0.2) is 4.79 Å². The highest BCUT2D eigenvalue weighted by molar-refractivity contribution is 6.03. The maximum atomic E-state index is 11.8. The zero-order valence-electron chi connectivity index (χ0n) is 12.5. The molecule has 0 aliphatic carbocycles. The lowest BCUT2D eigenvalue weighted by Crippen LogP contribution is -2.33. The first-order valence-electron chi connectivity index (χ1n) is 6.52. The number of likely N-dealkylation sites (N-methyl/N-ethyl adjacent to an activating group) is 1. The summed E-state index contributed by atoms with van der Waals surface area (Å²) in [5.41, 5.74) is 6.63. The number of ether oxygens (including phenoxy) is 3. The van der Waals surface area contributed by atoms with Crippen molar-refractivity contribution in [1.29, 1.82) is 0 Å². The summed E-state index contributed by atoms with van der Waals surface area (Å²) in [6.07, 6.45) is 0. The lowest BCUT2D eigenvalue weighted by Gasteiger charge is -2.25. The van der Waals surface area contributed by atoms with Crippen LogP contribution in [-0.2, 0) is 0 Å². The van der Waals surface area contributed by atoms with E-state index < -0.39 is 6.04 Å². The zero-order chi connectivity index (χ0) is 15.6. The number of benzene rings is 1. The Bertz CT molecular complexity index is 586. The van der Waals surface area contributed by atoms with E-state index in [1.165, 1.54) is 14.2 Å². The first-order valence-corrected chi connectivity index (χ1v) is 6.52. The van der Waals surface area contributed by atoms with Gasteiger partial charge in [0.2, 0.25) is 5.75 Å². The number of hydrogen-bond acceptors (Lipinski definition) is 5. The summed E-state index contributed by atoms with van der Waals surface area (Å²) in [7, 11) is 4.60. The minimum atomic E-state index is -0.461. The van der Waals surface area contributed by atoms with Crippen LogP contribution in [0.1, 0.15) is 18.5 Å². The van der Waals surface area contributed by atoms with Crippen LogP contribution in [0.25, 0.3) is 0 Å². The summed E-state index contributed by atoms with van der Waals surface area (Å²) in [4.78, 5) is 17.2. The van der Waals surface area contributed by atoms with Crippen LogP contribution in [0.2, 0.25) is 0 Å². The maximum Gasteiger partial charge on any atom is 0.346 e. The Hall–Kier alpha value is -2.44. The second-order valence-corrected chi connectivity index (χ2v) is 4.43. The summed E-state index contributed by atoms with van der Waals surface area (Å²) in [5.74, 6) is 1.72. The average molecular weight is 293 g/mol. The number of nitrogens with zero attached hydrogens (tertiary/aromatic N) is 2. The number of carbonyl (C=O) groups excluding carboxylic acids is 1. The van der Waals surface area contributed by atoms with Crippen LogP contribution in [0.3, 0.4) is 0 Å². The molecule has 1 unspecified atom stereocenters. The highest BCUT2D eigenvalue weighted by Gasteiger charge is 2.36. The van der Waals surface area contributed by atoms with Gasteiger partial charge >= 0.3 is 6.03 Å². The van der Waals surface area contributed by atoms with Gasteiger partial charge in [0, 0.05) is 12.1 Å². The summed E-state index contributed by atoms with van der Waals surface area (Å²) in [6, 6.07) is 2.74. The second-order valence-electron chi connectivity index (χ2n) is 4.43. The molecule has 1 aromatic rings. The van der Waals surface area contributed by atoms with E-state index in [1.54, 1.807) is 24.1 Å². The van der Waals surface area contributed by atoms with E-state index in [1.807, 2.05) is 6.92 Å². The molecule has 0 radical (unpaired) electrons. The van der Waals surface area contributed by atoms with Crippen molar-refractivity contribution in [3.63, 3.8) is 0 Å². The lowest BCUT2D eigenvalue weighted by atomic mass is 10.0. The normalized spacial score (nSPS) is 17.7. The minimum absolute atomic E-state index is 0.243. The first kappa shape index (κ1) is 15.0. The molecule has 0 saturated carbocycles. The van der Waals surface area contributed by atoms with E-state index in [2.05, 4.69) is 4.99 Å². The molecule has 7 heteroatoms. The van der Waals surface area contributed by atoms with Gasteiger partial charge in [-0.15, -0.1) is 0 Å². The maximum absolute atomic E-state index is 11.8. The van der Waals surface area contributed by atoms with Crippen molar-refractivity contribution < 1.29 is 19.0 Å². The van der Waals surface area contributed by atoms with E-state index in [0.29, 0.717) is 29.4 Å². The molecular weight excluding hydrogens is 274 g/mol. The third-order valence-electron chi connectivity index (χ3n) is 3.43. The Kier molecular flexibility index (Phi) is 4.21. The molecule has 114 valence electrons. The van der Waals surface area contributed by atoms with Gasteiger partial charge in [-0.3, -0.25) is 0 Å². The molecule has 1 aliphatic rings. The van der Waals surface area contributed by atoms with Gasteiger partial charge in [-0.2, -0.15) is 4.99 Å². The Labute approximate surface area is 123 Å². The topological polar surface area (TPSA) is 86.4 Å². The molecule has 0 aromatic heterocycles. The van der Waals surface area contributed by atoms with E-state index in [4.69, 9.17) is 19.9 Å². The standard InChI is InChI=1S/C14H19N3O4/c1-5-17-10(13(15)16-14(17)18)8-6-7-9(19-2)12(21-4)11(8)20-3/h6-7,10H,5H2,1-4H3,(H2,15,16,18). The smallest absolute Gasteiger partial charge is 0.346 e. The number of amides is 2. The van der Waals surface area contributed by atoms with Crippen LogP contribution < -0.4 is 19.9 Å². The van der Waals surface area contributed by atoms with Crippen molar-refractivity contribution in [2.75, 3.05) is 27.9 Å². The third-order valence-corrected chi connectivity index (χ3v) is 3.43. The van der Waals surface area contributed by atoms with Crippen molar-refractivity contribution in [2.24, 2.45) is 10.7 Å². The largest absolute Gasteiger partial charge is 0.493 e. The second kappa shape index (κ2) is 5.90. The molecule has 1 heterocycles. The Morgan fingerprint density at radius 3 is 2.38 bits per heavy atom. The highest BCUT2D eigenvalue weighted by Crippen LogP contribution is 2.44. The molecule has 0 bridgehead atoms. The third kappa shape index (κ3) is 2.35. The predicted molar refractivity (Wildman–Crippen MR) is 78.2 cm³/mol. The van der Waals surface area contributed by atoms with Gasteiger partial charge in [0.25, 0.3) is 0 Å². The molecule has 1 aliphatic heterocycles. The Morgan fingerprint density at radius 2 is 1.86 bits per heavy atom. The molecule has 1 atom stereocenters. The van der Waals surface area contributed by atoms with E-state index in [9.17, 15) is 4.79 Å². The molecule has 21 heavy (non-hydrogen) atoms. The highest BCUT2D eigenvalue weighted by atomic mass is 16.5. The molecule has 2 amide bonds. The monoisotopic (exact) mass is 293 g/mol. The van der Waals surface area contributed by atoms with Crippen molar-refractivity contribution in [2.45, 2.75) is 13.0 Å². The summed E-state index contributed by atoms with van der Waals surface area (Å²) in [5, 5.41) is 0. The van der Waals surface area contributed by atoms with Crippen LogP contribution in [0, 0.1) is 0 Å². The first-order chi connectivity index (χ1) is 10.1. The van der Waals surface area contributed by atoms with Crippen molar-refractivity contribution in [1.82, 2.24) is 4.90 Å². The van der Waals surface area contributed by atoms with Crippen LogP contribution in [0.5, 0.6) is 17.2 Å². The summed E-state index contributed by atoms with van der Waals surface area (Å²) in [6.45, 7) is 2.36. The quantitative estimate of drug-likeness (QED) is 0.890. The van der Waals surface area contributed by atoms with Crippen LogP contribution in [-0.4, -0.2) is 44.6 Å². The molecular formula is C14H19N3O4.